The summed E-state index contributed by atoms with van der Waals surface area (Å²) in [7, 11) is -4.13. The van der Waals surface area contributed by atoms with E-state index in [0.29, 0.717) is 24.2 Å². The van der Waals surface area contributed by atoms with Gasteiger partial charge in [-0.05, 0) is 79.3 Å². The number of carbonyl (C=O) groups is 2. The Balaban J connectivity index is 2.05. The van der Waals surface area contributed by atoms with Crippen LogP contribution in [0.15, 0.2) is 77.7 Å². The number of hydrogen-bond donors (Lipinski definition) is 1. The van der Waals surface area contributed by atoms with Gasteiger partial charge in [-0.2, -0.15) is 0 Å². The van der Waals surface area contributed by atoms with Gasteiger partial charge in [0, 0.05) is 13.1 Å². The van der Waals surface area contributed by atoms with Gasteiger partial charge in [-0.3, -0.25) is 13.9 Å². The molecule has 0 radical (unpaired) electrons. The number of benzene rings is 3. The van der Waals surface area contributed by atoms with Crippen molar-refractivity contribution in [2.24, 2.45) is 5.92 Å². The van der Waals surface area contributed by atoms with Gasteiger partial charge in [0.2, 0.25) is 11.8 Å². The highest BCUT2D eigenvalue weighted by Crippen LogP contribution is 2.26. The molecule has 0 fully saturated rings. The van der Waals surface area contributed by atoms with Crippen LogP contribution in [0, 0.1) is 25.6 Å². The van der Waals surface area contributed by atoms with E-state index >= 15 is 0 Å². The Morgan fingerprint density at radius 1 is 0.925 bits per heavy atom. The maximum atomic E-state index is 14.0. The zero-order valence-electron chi connectivity index (χ0n) is 23.7. The second-order valence-corrected chi connectivity index (χ2v) is 12.2. The minimum absolute atomic E-state index is 0.0128. The molecule has 7 nitrogen and oxygen atoms in total. The Kier molecular flexibility index (Phi) is 10.5. The van der Waals surface area contributed by atoms with Crippen molar-refractivity contribution in [2.45, 2.75) is 58.5 Å². The van der Waals surface area contributed by atoms with Crippen LogP contribution in [0.2, 0.25) is 0 Å². The van der Waals surface area contributed by atoms with Crippen molar-refractivity contribution in [2.75, 3.05) is 17.4 Å². The summed E-state index contributed by atoms with van der Waals surface area (Å²) < 4.78 is 42.4. The number of sulfonamides is 1. The zero-order chi connectivity index (χ0) is 29.4. The Hall–Kier alpha value is -3.72. The van der Waals surface area contributed by atoms with E-state index in [1.165, 1.54) is 29.2 Å². The van der Waals surface area contributed by atoms with E-state index in [2.05, 4.69) is 5.32 Å². The summed E-state index contributed by atoms with van der Waals surface area (Å²) in [5.74, 6) is -1.08. The van der Waals surface area contributed by atoms with Crippen LogP contribution in [0.3, 0.4) is 0 Å². The fraction of sp³-hybridized carbons (Fsp3) is 0.355. The smallest absolute Gasteiger partial charge is 0.264 e. The average Bonchev–Trinajstić information content (AvgIpc) is 2.93. The van der Waals surface area contributed by atoms with Crippen LogP contribution >= 0.6 is 0 Å². The first kappa shape index (κ1) is 30.8. The van der Waals surface area contributed by atoms with Gasteiger partial charge in [-0.15, -0.1) is 0 Å². The van der Waals surface area contributed by atoms with Crippen LogP contribution in [-0.2, 0) is 26.2 Å². The van der Waals surface area contributed by atoms with Crippen LogP contribution < -0.4 is 9.62 Å². The lowest BCUT2D eigenvalue weighted by atomic mass is 10.1. The van der Waals surface area contributed by atoms with Crippen LogP contribution in [0.5, 0.6) is 0 Å². The number of hydrogen-bond acceptors (Lipinski definition) is 4. The number of carbonyl (C=O) groups excluding carboxylic acids is 2. The van der Waals surface area contributed by atoms with Crippen molar-refractivity contribution < 1.29 is 22.4 Å². The monoisotopic (exact) mass is 567 g/mol. The molecule has 0 aromatic heterocycles. The quantitative estimate of drug-likeness (QED) is 0.325. The summed E-state index contributed by atoms with van der Waals surface area (Å²) in [4.78, 5) is 28.7. The number of nitrogens with one attached hydrogen (secondary N) is 1. The van der Waals surface area contributed by atoms with Crippen LogP contribution in [-0.4, -0.2) is 44.3 Å². The molecule has 0 spiro atoms. The first-order valence-electron chi connectivity index (χ1n) is 13.4. The second kappa shape index (κ2) is 13.6. The van der Waals surface area contributed by atoms with Crippen molar-refractivity contribution in [1.82, 2.24) is 10.2 Å². The highest BCUT2D eigenvalue weighted by atomic mass is 32.2. The Labute approximate surface area is 237 Å². The molecule has 0 aliphatic rings. The highest BCUT2D eigenvalue weighted by molar-refractivity contribution is 7.92. The van der Waals surface area contributed by atoms with Crippen LogP contribution in [0.1, 0.15) is 43.9 Å². The molecule has 2 amide bonds. The molecule has 1 N–H and O–H groups in total. The van der Waals surface area contributed by atoms with Crippen LogP contribution in [0.4, 0.5) is 10.1 Å². The van der Waals surface area contributed by atoms with Crippen molar-refractivity contribution in [1.29, 1.82) is 0 Å². The topological polar surface area (TPSA) is 86.8 Å². The first-order valence-corrected chi connectivity index (χ1v) is 14.8. The first-order chi connectivity index (χ1) is 18.9. The summed E-state index contributed by atoms with van der Waals surface area (Å²) in [6, 6.07) is 18.0. The maximum Gasteiger partial charge on any atom is 0.264 e. The molecule has 9 heteroatoms. The summed E-state index contributed by atoms with van der Waals surface area (Å²) in [5.41, 5.74) is 2.83. The number of nitrogens with zero attached hydrogens (tertiary/aromatic N) is 2. The maximum absolute atomic E-state index is 14.0. The summed E-state index contributed by atoms with van der Waals surface area (Å²) in [6.07, 6.45) is 0.311. The number of rotatable bonds is 12. The summed E-state index contributed by atoms with van der Waals surface area (Å²) in [6.45, 7) is 9.47. The normalized spacial score (nSPS) is 12.2. The molecule has 1 unspecified atom stereocenters. The van der Waals surface area contributed by atoms with E-state index < -0.39 is 34.3 Å². The molecular weight excluding hydrogens is 529 g/mol. The molecule has 3 rings (SSSR count). The third kappa shape index (κ3) is 7.69. The van der Waals surface area contributed by atoms with E-state index in [9.17, 15) is 22.4 Å². The number of anilines is 1. The lowest BCUT2D eigenvalue weighted by Gasteiger charge is -2.33. The van der Waals surface area contributed by atoms with Gasteiger partial charge in [0.15, 0.2) is 0 Å². The molecule has 0 aliphatic carbocycles. The number of aryl methyl sites for hydroxylation is 2. The van der Waals surface area contributed by atoms with Crippen molar-refractivity contribution in [3.63, 3.8) is 0 Å². The average molecular weight is 568 g/mol. The Bertz CT molecular complexity index is 1410. The molecular formula is C31H38FN3O4S. The molecule has 1 atom stereocenters. The standard InChI is InChI=1S/C31H38FN3O4S/c1-6-29(31(37)33-19-22(2)3)34(20-25-13-15-26(32)16-14-25)30(36)21-35(27-17-12-23(4)24(5)18-27)40(38,39)28-10-8-7-9-11-28/h7-18,22,29H,6,19-21H2,1-5H3,(H,33,37). The molecule has 0 bridgehead atoms. The third-order valence-electron chi connectivity index (χ3n) is 6.73. The largest absolute Gasteiger partial charge is 0.354 e. The van der Waals surface area contributed by atoms with Crippen molar-refractivity contribution in [3.05, 3.63) is 95.3 Å². The molecule has 0 aliphatic heterocycles. The van der Waals surface area contributed by atoms with Gasteiger partial charge >= 0.3 is 0 Å². The van der Waals surface area contributed by atoms with E-state index in [-0.39, 0.29) is 23.3 Å². The van der Waals surface area contributed by atoms with Gasteiger partial charge < -0.3 is 10.2 Å². The van der Waals surface area contributed by atoms with Gasteiger partial charge in [0.05, 0.1) is 10.6 Å². The highest BCUT2D eigenvalue weighted by Gasteiger charge is 2.33. The number of amides is 2. The zero-order valence-corrected chi connectivity index (χ0v) is 24.5. The van der Waals surface area contributed by atoms with Gasteiger partial charge in [-0.25, -0.2) is 12.8 Å². The van der Waals surface area contributed by atoms with E-state index in [0.717, 1.165) is 15.4 Å². The fourth-order valence-electron chi connectivity index (χ4n) is 4.26. The van der Waals surface area contributed by atoms with Crippen molar-refractivity contribution in [3.8, 4) is 0 Å². The molecule has 0 heterocycles. The molecule has 40 heavy (non-hydrogen) atoms. The lowest BCUT2D eigenvalue weighted by Crippen LogP contribution is -2.52. The predicted octanol–water partition coefficient (Wildman–Crippen LogP) is 5.22. The van der Waals surface area contributed by atoms with Gasteiger partial charge in [0.25, 0.3) is 10.0 Å². The summed E-state index contributed by atoms with van der Waals surface area (Å²) >= 11 is 0. The van der Waals surface area contributed by atoms with Gasteiger partial charge in [0.1, 0.15) is 18.4 Å². The van der Waals surface area contributed by atoms with E-state index in [4.69, 9.17) is 0 Å². The Morgan fingerprint density at radius 2 is 1.57 bits per heavy atom. The molecule has 214 valence electrons. The SMILES string of the molecule is CCC(C(=O)NCC(C)C)N(Cc1ccc(F)cc1)C(=O)CN(c1ccc(C)c(C)c1)S(=O)(=O)c1ccccc1. The molecule has 0 saturated heterocycles. The van der Waals surface area contributed by atoms with E-state index in [1.54, 1.807) is 49.4 Å². The molecule has 3 aromatic rings. The molecule has 3 aromatic carbocycles. The van der Waals surface area contributed by atoms with E-state index in [1.807, 2.05) is 33.8 Å². The van der Waals surface area contributed by atoms with Crippen LogP contribution in [0.25, 0.3) is 0 Å². The Morgan fingerprint density at radius 3 is 2.15 bits per heavy atom. The number of halogens is 1. The van der Waals surface area contributed by atoms with Crippen molar-refractivity contribution >= 4 is 27.5 Å². The second-order valence-electron chi connectivity index (χ2n) is 10.3. The predicted molar refractivity (Wildman–Crippen MR) is 156 cm³/mol. The van der Waals surface area contributed by atoms with Gasteiger partial charge in [-0.1, -0.05) is 57.2 Å². The fourth-order valence-corrected chi connectivity index (χ4v) is 5.68. The summed E-state index contributed by atoms with van der Waals surface area (Å²) in [5, 5.41) is 2.89. The minimum atomic E-state index is -4.13. The third-order valence-corrected chi connectivity index (χ3v) is 8.51. The lowest BCUT2D eigenvalue weighted by molar-refractivity contribution is -0.140. The molecule has 0 saturated carbocycles. The minimum Gasteiger partial charge on any atom is -0.354 e.